The Morgan fingerprint density at radius 2 is 1.91 bits per heavy atom. The first-order valence-corrected chi connectivity index (χ1v) is 7.37. The van der Waals surface area contributed by atoms with Crippen molar-refractivity contribution < 1.29 is 4.79 Å². The molecule has 22 heavy (non-hydrogen) atoms. The lowest BCUT2D eigenvalue weighted by atomic mass is 10.1. The van der Waals surface area contributed by atoms with Crippen molar-refractivity contribution in [1.29, 1.82) is 0 Å². The number of amides is 1. The number of aromatic amines is 2. The summed E-state index contributed by atoms with van der Waals surface area (Å²) in [5, 5.41) is 2.89. The third-order valence-corrected chi connectivity index (χ3v) is 3.40. The largest absolute Gasteiger partial charge is 0.356 e. The highest BCUT2D eigenvalue weighted by Crippen LogP contribution is 2.12. The normalized spacial score (nSPS) is 10.4. The molecule has 0 unspecified atom stereocenters. The Kier molecular flexibility index (Phi) is 7.70. The SMILES string of the molecule is Cl.NCCCCNC(=O)CCCc1ccc2[nH]c(=O)[nH]c2c1. The smallest absolute Gasteiger partial charge is 0.323 e. The van der Waals surface area contributed by atoms with Crippen molar-refractivity contribution in [3.05, 3.63) is 34.2 Å². The number of nitrogens with one attached hydrogen (secondary N) is 3. The summed E-state index contributed by atoms with van der Waals surface area (Å²) in [5.74, 6) is 0.0863. The highest BCUT2D eigenvalue weighted by atomic mass is 35.5. The van der Waals surface area contributed by atoms with Crippen LogP contribution in [0.2, 0.25) is 0 Å². The Morgan fingerprint density at radius 1 is 1.14 bits per heavy atom. The molecule has 0 fully saturated rings. The van der Waals surface area contributed by atoms with Crippen LogP contribution in [0.4, 0.5) is 0 Å². The summed E-state index contributed by atoms with van der Waals surface area (Å²) in [6.45, 7) is 1.37. The number of halogens is 1. The second kappa shape index (κ2) is 9.27. The summed E-state index contributed by atoms with van der Waals surface area (Å²) in [6, 6.07) is 5.81. The molecule has 0 aliphatic heterocycles. The van der Waals surface area contributed by atoms with Gasteiger partial charge in [-0.15, -0.1) is 12.4 Å². The zero-order chi connectivity index (χ0) is 15.1. The van der Waals surface area contributed by atoms with Crippen LogP contribution < -0.4 is 16.7 Å². The van der Waals surface area contributed by atoms with E-state index in [9.17, 15) is 9.59 Å². The van der Waals surface area contributed by atoms with Gasteiger partial charge >= 0.3 is 5.69 Å². The molecule has 122 valence electrons. The maximum atomic E-state index is 11.6. The van der Waals surface area contributed by atoms with Crippen LogP contribution in [0.5, 0.6) is 0 Å². The Morgan fingerprint density at radius 3 is 2.68 bits per heavy atom. The molecule has 0 saturated heterocycles. The Hall–Kier alpha value is -1.79. The van der Waals surface area contributed by atoms with Crippen molar-refractivity contribution in [3.8, 4) is 0 Å². The standard InChI is InChI=1S/C15H22N4O2.ClH/c16-8-1-2-9-17-14(20)5-3-4-11-6-7-12-13(10-11)19-15(21)18-12;/h6-7,10H,1-5,8-9,16H2,(H,17,20)(H2,18,19,21);1H. The average Bonchev–Trinajstić information content (AvgIpc) is 2.83. The molecule has 0 spiro atoms. The fourth-order valence-corrected chi connectivity index (χ4v) is 2.27. The lowest BCUT2D eigenvalue weighted by Gasteiger charge is -2.05. The van der Waals surface area contributed by atoms with Crippen LogP contribution in [-0.2, 0) is 11.2 Å². The fourth-order valence-electron chi connectivity index (χ4n) is 2.27. The maximum Gasteiger partial charge on any atom is 0.323 e. The van der Waals surface area contributed by atoms with E-state index in [1.54, 1.807) is 0 Å². The molecule has 0 aliphatic carbocycles. The van der Waals surface area contributed by atoms with E-state index >= 15 is 0 Å². The van der Waals surface area contributed by atoms with Crippen molar-refractivity contribution in [2.45, 2.75) is 32.1 Å². The molecule has 7 heteroatoms. The van der Waals surface area contributed by atoms with Gasteiger partial charge in [0.05, 0.1) is 11.0 Å². The number of unbranched alkanes of at least 4 members (excludes halogenated alkanes) is 1. The van der Waals surface area contributed by atoms with E-state index in [1.165, 1.54) is 0 Å². The third-order valence-electron chi connectivity index (χ3n) is 3.40. The van der Waals surface area contributed by atoms with Crippen molar-refractivity contribution >= 4 is 29.3 Å². The topological polar surface area (TPSA) is 104 Å². The number of rotatable bonds is 8. The highest BCUT2D eigenvalue weighted by Gasteiger charge is 2.03. The Bertz CT molecular complexity index is 650. The summed E-state index contributed by atoms with van der Waals surface area (Å²) < 4.78 is 0. The summed E-state index contributed by atoms with van der Waals surface area (Å²) in [6.07, 6.45) is 4.00. The van der Waals surface area contributed by atoms with E-state index < -0.39 is 0 Å². The number of hydrogen-bond acceptors (Lipinski definition) is 3. The van der Waals surface area contributed by atoms with Gasteiger partial charge < -0.3 is 21.0 Å². The van der Waals surface area contributed by atoms with Gasteiger partial charge in [-0.3, -0.25) is 4.79 Å². The molecular formula is C15H23ClN4O2. The molecule has 5 N–H and O–H groups in total. The van der Waals surface area contributed by atoms with Crippen molar-refractivity contribution in [2.75, 3.05) is 13.1 Å². The summed E-state index contributed by atoms with van der Waals surface area (Å²) in [4.78, 5) is 28.2. The van der Waals surface area contributed by atoms with Crippen LogP contribution in [-0.4, -0.2) is 29.0 Å². The molecule has 0 atom stereocenters. The fraction of sp³-hybridized carbons (Fsp3) is 0.467. The molecule has 0 bridgehead atoms. The van der Waals surface area contributed by atoms with Crippen LogP contribution >= 0.6 is 12.4 Å². The summed E-state index contributed by atoms with van der Waals surface area (Å²) >= 11 is 0. The molecule has 0 saturated carbocycles. The summed E-state index contributed by atoms with van der Waals surface area (Å²) in [5.41, 5.74) is 7.93. The first-order valence-electron chi connectivity index (χ1n) is 7.37. The van der Waals surface area contributed by atoms with E-state index in [2.05, 4.69) is 15.3 Å². The van der Waals surface area contributed by atoms with E-state index in [0.717, 1.165) is 42.3 Å². The first-order chi connectivity index (χ1) is 10.2. The van der Waals surface area contributed by atoms with E-state index in [1.807, 2.05) is 18.2 Å². The number of hydrogen-bond donors (Lipinski definition) is 4. The second-order valence-corrected chi connectivity index (χ2v) is 5.16. The molecule has 1 aromatic heterocycles. The quantitative estimate of drug-likeness (QED) is 0.552. The third kappa shape index (κ3) is 5.54. The van der Waals surface area contributed by atoms with Crippen LogP contribution in [0.25, 0.3) is 11.0 Å². The number of nitrogens with two attached hydrogens (primary N) is 1. The van der Waals surface area contributed by atoms with Crippen LogP contribution in [0.3, 0.4) is 0 Å². The van der Waals surface area contributed by atoms with Crippen LogP contribution in [0.15, 0.2) is 23.0 Å². The average molecular weight is 327 g/mol. The van der Waals surface area contributed by atoms with Gasteiger partial charge in [0.2, 0.25) is 5.91 Å². The number of aryl methyl sites for hydroxylation is 1. The van der Waals surface area contributed by atoms with Gasteiger partial charge in [-0.05, 0) is 49.9 Å². The van der Waals surface area contributed by atoms with E-state index in [0.29, 0.717) is 19.5 Å². The molecule has 1 aromatic carbocycles. The van der Waals surface area contributed by atoms with Crippen molar-refractivity contribution in [1.82, 2.24) is 15.3 Å². The zero-order valence-electron chi connectivity index (χ0n) is 12.5. The minimum atomic E-state index is -0.195. The van der Waals surface area contributed by atoms with Gasteiger partial charge in [0.15, 0.2) is 0 Å². The van der Waals surface area contributed by atoms with Gasteiger partial charge in [-0.25, -0.2) is 4.79 Å². The lowest BCUT2D eigenvalue weighted by Crippen LogP contribution is -2.24. The Labute approximate surface area is 135 Å². The number of benzene rings is 1. The predicted octanol–water partition coefficient (Wildman–Crippen LogP) is 1.46. The van der Waals surface area contributed by atoms with Gasteiger partial charge in [-0.2, -0.15) is 0 Å². The summed E-state index contributed by atoms with van der Waals surface area (Å²) in [7, 11) is 0. The van der Waals surface area contributed by atoms with Gasteiger partial charge in [0, 0.05) is 13.0 Å². The second-order valence-electron chi connectivity index (χ2n) is 5.16. The lowest BCUT2D eigenvalue weighted by molar-refractivity contribution is -0.121. The number of carbonyl (C=O) groups is 1. The molecule has 0 radical (unpaired) electrons. The first kappa shape index (κ1) is 18.3. The number of H-pyrrole nitrogens is 2. The zero-order valence-corrected chi connectivity index (χ0v) is 13.3. The number of carbonyl (C=O) groups excluding carboxylic acids is 1. The monoisotopic (exact) mass is 326 g/mol. The van der Waals surface area contributed by atoms with Crippen LogP contribution in [0, 0.1) is 0 Å². The number of imidazole rings is 1. The molecule has 2 rings (SSSR count). The molecular weight excluding hydrogens is 304 g/mol. The number of fused-ring (bicyclic) bond motifs is 1. The molecule has 0 aliphatic rings. The van der Waals surface area contributed by atoms with Crippen molar-refractivity contribution in [2.24, 2.45) is 5.73 Å². The highest BCUT2D eigenvalue weighted by molar-refractivity contribution is 5.85. The van der Waals surface area contributed by atoms with Gasteiger partial charge in [0.1, 0.15) is 0 Å². The predicted molar refractivity (Wildman–Crippen MR) is 90.4 cm³/mol. The molecule has 2 aromatic rings. The van der Waals surface area contributed by atoms with Gasteiger partial charge in [-0.1, -0.05) is 6.07 Å². The van der Waals surface area contributed by atoms with Gasteiger partial charge in [0.25, 0.3) is 0 Å². The van der Waals surface area contributed by atoms with Crippen molar-refractivity contribution in [3.63, 3.8) is 0 Å². The molecule has 6 nitrogen and oxygen atoms in total. The van der Waals surface area contributed by atoms with E-state index in [-0.39, 0.29) is 24.0 Å². The maximum absolute atomic E-state index is 11.6. The number of aromatic nitrogens is 2. The molecule has 1 heterocycles. The Balaban J connectivity index is 0.00000242. The minimum absolute atomic E-state index is 0. The van der Waals surface area contributed by atoms with Crippen LogP contribution in [0.1, 0.15) is 31.2 Å². The molecule has 1 amide bonds. The minimum Gasteiger partial charge on any atom is -0.356 e. The van der Waals surface area contributed by atoms with E-state index in [4.69, 9.17) is 5.73 Å².